The van der Waals surface area contributed by atoms with E-state index < -0.39 is 5.91 Å². The first-order valence-corrected chi connectivity index (χ1v) is 16.0. The molecular weight excluding hydrogens is 604 g/mol. The van der Waals surface area contributed by atoms with Crippen molar-refractivity contribution in [3.05, 3.63) is 82.9 Å². The van der Waals surface area contributed by atoms with E-state index >= 15 is 0 Å². The monoisotopic (exact) mass is 650 g/mol. The SMILES string of the molecule is COc1ccc(CCCc2cccc(OCC(=O)NCCOCCOc3cccc(CC4CCCOOC4)c3C(N)=O)c2)cc1OC. The highest BCUT2D eigenvalue weighted by molar-refractivity contribution is 5.97. The van der Waals surface area contributed by atoms with Crippen LogP contribution >= 0.6 is 0 Å². The molecule has 3 aromatic carbocycles. The van der Waals surface area contributed by atoms with Gasteiger partial charge in [-0.2, -0.15) is 0 Å². The lowest BCUT2D eigenvalue weighted by Crippen LogP contribution is -2.32. The molecule has 11 nitrogen and oxygen atoms in total. The Labute approximate surface area is 276 Å². The molecule has 2 amide bonds. The zero-order valence-corrected chi connectivity index (χ0v) is 27.3. The minimum Gasteiger partial charge on any atom is -0.493 e. The van der Waals surface area contributed by atoms with Crippen LogP contribution in [0.1, 0.15) is 46.3 Å². The number of nitrogens with two attached hydrogens (primary N) is 1. The number of methoxy groups -OCH3 is 2. The number of carbonyl (C=O) groups excluding carboxylic acids is 2. The summed E-state index contributed by atoms with van der Waals surface area (Å²) in [4.78, 5) is 34.9. The summed E-state index contributed by atoms with van der Waals surface area (Å²) < 4.78 is 27.9. The van der Waals surface area contributed by atoms with Crippen molar-refractivity contribution in [2.45, 2.75) is 38.5 Å². The second-order valence-corrected chi connectivity index (χ2v) is 11.3. The number of carbonyl (C=O) groups is 2. The summed E-state index contributed by atoms with van der Waals surface area (Å²) in [6, 6.07) is 19.2. The predicted octanol–water partition coefficient (Wildman–Crippen LogP) is 4.47. The van der Waals surface area contributed by atoms with Crippen LogP contribution in [0, 0.1) is 5.92 Å². The van der Waals surface area contributed by atoms with E-state index in [1.54, 1.807) is 20.3 Å². The number of nitrogens with one attached hydrogen (secondary N) is 1. The van der Waals surface area contributed by atoms with Crippen LogP contribution in [0.2, 0.25) is 0 Å². The minimum absolute atomic E-state index is 0.0928. The van der Waals surface area contributed by atoms with Crippen molar-refractivity contribution in [1.82, 2.24) is 5.32 Å². The highest BCUT2D eigenvalue weighted by Gasteiger charge is 2.20. The molecule has 47 heavy (non-hydrogen) atoms. The van der Waals surface area contributed by atoms with Crippen LogP contribution in [-0.2, 0) is 38.6 Å². The van der Waals surface area contributed by atoms with Crippen LogP contribution in [0.5, 0.6) is 23.0 Å². The highest BCUT2D eigenvalue weighted by Crippen LogP contribution is 2.29. The Morgan fingerprint density at radius 3 is 2.49 bits per heavy atom. The maximum absolute atomic E-state index is 12.3. The van der Waals surface area contributed by atoms with Gasteiger partial charge in [0.15, 0.2) is 18.1 Å². The first-order valence-electron chi connectivity index (χ1n) is 16.0. The predicted molar refractivity (Wildman–Crippen MR) is 176 cm³/mol. The van der Waals surface area contributed by atoms with E-state index in [9.17, 15) is 9.59 Å². The number of primary amides is 1. The largest absolute Gasteiger partial charge is 0.493 e. The van der Waals surface area contributed by atoms with E-state index in [-0.39, 0.29) is 31.6 Å². The molecule has 0 aliphatic carbocycles. The molecule has 1 atom stereocenters. The molecule has 1 aliphatic rings. The summed E-state index contributed by atoms with van der Waals surface area (Å²) in [6.45, 7) is 2.08. The molecule has 0 saturated carbocycles. The molecule has 3 aromatic rings. The third kappa shape index (κ3) is 11.8. The number of benzene rings is 3. The molecular formula is C36H46N2O9. The van der Waals surface area contributed by atoms with E-state index in [1.807, 2.05) is 48.5 Å². The summed E-state index contributed by atoms with van der Waals surface area (Å²) in [7, 11) is 3.26. The van der Waals surface area contributed by atoms with E-state index in [0.29, 0.717) is 49.8 Å². The van der Waals surface area contributed by atoms with Crippen LogP contribution < -0.4 is 30.0 Å². The third-order valence-electron chi connectivity index (χ3n) is 7.80. The van der Waals surface area contributed by atoms with Gasteiger partial charge < -0.3 is 34.7 Å². The van der Waals surface area contributed by atoms with Crippen molar-refractivity contribution in [2.75, 3.05) is 60.4 Å². The number of amides is 2. The third-order valence-corrected chi connectivity index (χ3v) is 7.80. The maximum atomic E-state index is 12.3. The zero-order valence-electron chi connectivity index (χ0n) is 27.3. The second-order valence-electron chi connectivity index (χ2n) is 11.3. The van der Waals surface area contributed by atoms with E-state index in [4.69, 9.17) is 39.2 Å². The molecule has 11 heteroatoms. The molecule has 4 rings (SSSR count). The van der Waals surface area contributed by atoms with Crippen LogP contribution in [0.3, 0.4) is 0 Å². The molecule has 3 N–H and O–H groups in total. The molecule has 1 fully saturated rings. The van der Waals surface area contributed by atoms with Gasteiger partial charge in [0.1, 0.15) is 18.1 Å². The number of hydrogen-bond donors (Lipinski definition) is 2. The van der Waals surface area contributed by atoms with Crippen molar-refractivity contribution < 1.29 is 43.0 Å². The normalized spacial score (nSPS) is 14.6. The first kappa shape index (κ1) is 35.5. The maximum Gasteiger partial charge on any atom is 0.258 e. The van der Waals surface area contributed by atoms with Crippen molar-refractivity contribution >= 4 is 11.8 Å². The van der Waals surface area contributed by atoms with Crippen molar-refractivity contribution in [1.29, 1.82) is 0 Å². The van der Waals surface area contributed by atoms with Crippen LogP contribution in [-0.4, -0.2) is 72.2 Å². The standard InChI is InChI=1S/C36H46N2O9/c1-41-31-15-14-27(23-33(31)42-2)8-3-7-26-9-4-12-30(22-26)45-25-34(39)38-16-18-43-19-20-44-32-13-5-11-29(35(32)36(37)40)21-28-10-6-17-46-47-24-28/h4-5,9,11-15,22-23,28H,3,6-8,10,16-21,24-25H2,1-2H3,(H2,37,40)(H,38,39). The Morgan fingerprint density at radius 1 is 0.872 bits per heavy atom. The number of hydrogen-bond acceptors (Lipinski definition) is 9. The van der Waals surface area contributed by atoms with Gasteiger partial charge in [-0.15, -0.1) is 0 Å². The summed E-state index contributed by atoms with van der Waals surface area (Å²) >= 11 is 0. The minimum atomic E-state index is -0.537. The van der Waals surface area contributed by atoms with Crippen LogP contribution in [0.25, 0.3) is 0 Å². The van der Waals surface area contributed by atoms with Crippen molar-refractivity contribution in [2.24, 2.45) is 11.7 Å². The Morgan fingerprint density at radius 2 is 1.68 bits per heavy atom. The molecule has 1 aliphatic heterocycles. The fourth-order valence-corrected chi connectivity index (χ4v) is 5.43. The first-order chi connectivity index (χ1) is 23.0. The lowest BCUT2D eigenvalue weighted by Gasteiger charge is -2.17. The van der Waals surface area contributed by atoms with E-state index in [0.717, 1.165) is 54.7 Å². The summed E-state index contributed by atoms with van der Waals surface area (Å²) in [5, 5.41) is 2.79. The Kier molecular flexibility index (Phi) is 14.6. The fraction of sp³-hybridized carbons (Fsp3) is 0.444. The number of aryl methyl sites for hydroxylation is 2. The van der Waals surface area contributed by atoms with Gasteiger partial charge in [-0.25, -0.2) is 9.78 Å². The van der Waals surface area contributed by atoms with Gasteiger partial charge in [-0.05, 0) is 91.5 Å². The molecule has 1 saturated heterocycles. The smallest absolute Gasteiger partial charge is 0.258 e. The second kappa shape index (κ2) is 19.4. The van der Waals surface area contributed by atoms with E-state index in [2.05, 4.69) is 11.4 Å². The van der Waals surface area contributed by atoms with Gasteiger partial charge >= 0.3 is 0 Å². The lowest BCUT2D eigenvalue weighted by molar-refractivity contribution is -0.292. The van der Waals surface area contributed by atoms with Gasteiger partial charge in [0.2, 0.25) is 0 Å². The Hall–Kier alpha value is -4.32. The van der Waals surface area contributed by atoms with Crippen molar-refractivity contribution in [3.8, 4) is 23.0 Å². The topological polar surface area (TPSA) is 137 Å². The van der Waals surface area contributed by atoms with Gasteiger partial charge in [-0.3, -0.25) is 9.59 Å². The fourth-order valence-electron chi connectivity index (χ4n) is 5.43. The number of ether oxygens (including phenoxy) is 5. The Bertz CT molecular complexity index is 1420. The van der Waals surface area contributed by atoms with Gasteiger partial charge in [-0.1, -0.05) is 30.3 Å². The number of rotatable bonds is 19. The van der Waals surface area contributed by atoms with Gasteiger partial charge in [0.25, 0.3) is 11.8 Å². The summed E-state index contributed by atoms with van der Waals surface area (Å²) in [5.41, 5.74) is 9.23. The molecule has 254 valence electrons. The zero-order chi connectivity index (χ0) is 33.3. The molecule has 0 spiro atoms. The van der Waals surface area contributed by atoms with Crippen LogP contribution in [0.4, 0.5) is 0 Å². The quantitative estimate of drug-likeness (QED) is 0.142. The average Bonchev–Trinajstić information content (AvgIpc) is 3.35. The van der Waals surface area contributed by atoms with E-state index in [1.165, 1.54) is 5.56 Å². The molecule has 0 bridgehead atoms. The molecule has 1 heterocycles. The lowest BCUT2D eigenvalue weighted by atomic mass is 9.92. The van der Waals surface area contributed by atoms with Crippen molar-refractivity contribution in [3.63, 3.8) is 0 Å². The Balaban J connectivity index is 1.10. The summed E-state index contributed by atoms with van der Waals surface area (Å²) in [5.74, 6) is 1.97. The highest BCUT2D eigenvalue weighted by atomic mass is 17.2. The van der Waals surface area contributed by atoms with Gasteiger partial charge in [0, 0.05) is 6.54 Å². The van der Waals surface area contributed by atoms with Crippen LogP contribution in [0.15, 0.2) is 60.7 Å². The van der Waals surface area contributed by atoms with Gasteiger partial charge in [0.05, 0.1) is 46.2 Å². The average molecular weight is 651 g/mol. The molecule has 1 unspecified atom stereocenters. The summed E-state index contributed by atoms with van der Waals surface area (Å²) in [6.07, 6.45) is 5.21. The molecule has 0 aromatic heterocycles. The molecule has 0 radical (unpaired) electrons.